The zero-order valence-electron chi connectivity index (χ0n) is 13.7. The van der Waals surface area contributed by atoms with Crippen LogP contribution in [0.15, 0.2) is 0 Å². The van der Waals surface area contributed by atoms with Crippen LogP contribution in [-0.2, 0) is 9.47 Å². The van der Waals surface area contributed by atoms with Crippen LogP contribution >= 0.6 is 0 Å². The molecule has 3 nitrogen and oxygen atoms in total. The molecule has 0 aliphatic carbocycles. The maximum Gasteiger partial charge on any atom is 0.0726 e. The number of nitrogens with one attached hydrogen (secondary N) is 1. The Morgan fingerprint density at radius 3 is 2.26 bits per heavy atom. The van der Waals surface area contributed by atoms with Gasteiger partial charge in [0.15, 0.2) is 0 Å². The van der Waals surface area contributed by atoms with Crippen molar-refractivity contribution in [1.29, 1.82) is 0 Å². The standard InChI is InChI=1S/C16H35NO2/c1-6-9-15(17-10-7-2)16(8-3)19-12-11-18-13-14(4)5/h14-17H,6-13H2,1-5H3. The second kappa shape index (κ2) is 12.9. The second-order valence-corrected chi connectivity index (χ2v) is 5.64. The van der Waals surface area contributed by atoms with Crippen molar-refractivity contribution in [2.24, 2.45) is 5.92 Å². The molecule has 0 rings (SSSR count). The van der Waals surface area contributed by atoms with Gasteiger partial charge in [-0.1, -0.05) is 41.0 Å². The van der Waals surface area contributed by atoms with E-state index in [0.717, 1.165) is 19.6 Å². The summed E-state index contributed by atoms with van der Waals surface area (Å²) in [5, 5.41) is 3.61. The molecule has 0 aliphatic rings. The average molecular weight is 273 g/mol. The predicted octanol–water partition coefficient (Wildman–Crippen LogP) is 3.62. The Morgan fingerprint density at radius 1 is 1.00 bits per heavy atom. The molecular weight excluding hydrogens is 238 g/mol. The summed E-state index contributed by atoms with van der Waals surface area (Å²) in [6, 6.07) is 0.486. The molecule has 0 amide bonds. The van der Waals surface area contributed by atoms with Gasteiger partial charge < -0.3 is 14.8 Å². The molecule has 2 unspecified atom stereocenters. The summed E-state index contributed by atoms with van der Waals surface area (Å²) in [7, 11) is 0. The lowest BCUT2D eigenvalue weighted by molar-refractivity contribution is -0.0185. The molecule has 0 aromatic carbocycles. The van der Waals surface area contributed by atoms with Crippen LogP contribution in [0.2, 0.25) is 0 Å². The van der Waals surface area contributed by atoms with Crippen LogP contribution in [0, 0.1) is 5.92 Å². The molecule has 3 heteroatoms. The van der Waals surface area contributed by atoms with Crippen LogP contribution in [0.4, 0.5) is 0 Å². The van der Waals surface area contributed by atoms with Crippen molar-refractivity contribution in [3.05, 3.63) is 0 Å². The highest BCUT2D eigenvalue weighted by Crippen LogP contribution is 2.10. The number of rotatable bonds is 13. The maximum absolute atomic E-state index is 6.00. The van der Waals surface area contributed by atoms with E-state index in [1.54, 1.807) is 0 Å². The van der Waals surface area contributed by atoms with Crippen LogP contribution in [0.3, 0.4) is 0 Å². The maximum atomic E-state index is 6.00. The van der Waals surface area contributed by atoms with Gasteiger partial charge in [0.1, 0.15) is 0 Å². The van der Waals surface area contributed by atoms with Gasteiger partial charge in [0.25, 0.3) is 0 Å². The van der Waals surface area contributed by atoms with E-state index in [-0.39, 0.29) is 0 Å². The SMILES string of the molecule is CCCNC(CCC)C(CC)OCCOCC(C)C. The first-order valence-electron chi connectivity index (χ1n) is 8.08. The van der Waals surface area contributed by atoms with Crippen LogP contribution < -0.4 is 5.32 Å². The first-order chi connectivity index (χ1) is 9.15. The van der Waals surface area contributed by atoms with Gasteiger partial charge in [-0.2, -0.15) is 0 Å². The predicted molar refractivity (Wildman–Crippen MR) is 82.7 cm³/mol. The third-order valence-electron chi connectivity index (χ3n) is 3.12. The largest absolute Gasteiger partial charge is 0.379 e. The van der Waals surface area contributed by atoms with Gasteiger partial charge in [-0.25, -0.2) is 0 Å². The summed E-state index contributed by atoms with van der Waals surface area (Å²) < 4.78 is 11.6. The minimum Gasteiger partial charge on any atom is -0.379 e. The minimum absolute atomic E-state index is 0.314. The number of hydrogen-bond donors (Lipinski definition) is 1. The van der Waals surface area contributed by atoms with E-state index < -0.39 is 0 Å². The van der Waals surface area contributed by atoms with E-state index >= 15 is 0 Å². The Bertz CT molecular complexity index is 186. The lowest BCUT2D eigenvalue weighted by Gasteiger charge is -2.27. The molecular formula is C16H35NO2. The third-order valence-corrected chi connectivity index (χ3v) is 3.12. The summed E-state index contributed by atoms with van der Waals surface area (Å²) in [4.78, 5) is 0. The van der Waals surface area contributed by atoms with Crippen molar-refractivity contribution in [2.75, 3.05) is 26.4 Å². The summed E-state index contributed by atoms with van der Waals surface area (Å²) in [5.74, 6) is 0.598. The molecule has 0 saturated carbocycles. The number of ether oxygens (including phenoxy) is 2. The van der Waals surface area contributed by atoms with Crippen LogP contribution in [0.25, 0.3) is 0 Å². The molecule has 0 radical (unpaired) electrons. The van der Waals surface area contributed by atoms with Gasteiger partial charge in [-0.3, -0.25) is 0 Å². The first-order valence-corrected chi connectivity index (χ1v) is 8.08. The fourth-order valence-electron chi connectivity index (χ4n) is 2.16. The topological polar surface area (TPSA) is 30.5 Å². The van der Waals surface area contributed by atoms with Crippen molar-refractivity contribution >= 4 is 0 Å². The fourth-order valence-corrected chi connectivity index (χ4v) is 2.16. The monoisotopic (exact) mass is 273 g/mol. The highest BCUT2D eigenvalue weighted by Gasteiger charge is 2.18. The molecule has 1 N–H and O–H groups in total. The van der Waals surface area contributed by atoms with Gasteiger partial charge in [0.05, 0.1) is 19.3 Å². The molecule has 19 heavy (non-hydrogen) atoms. The zero-order valence-corrected chi connectivity index (χ0v) is 13.7. The molecule has 0 saturated heterocycles. The Labute approximate surface area is 120 Å². The molecule has 0 fully saturated rings. The number of hydrogen-bond acceptors (Lipinski definition) is 3. The highest BCUT2D eigenvalue weighted by molar-refractivity contribution is 4.75. The van der Waals surface area contributed by atoms with E-state index in [1.807, 2.05) is 0 Å². The van der Waals surface area contributed by atoms with E-state index in [2.05, 4.69) is 39.9 Å². The van der Waals surface area contributed by atoms with Crippen LogP contribution in [-0.4, -0.2) is 38.5 Å². The fraction of sp³-hybridized carbons (Fsp3) is 1.00. The minimum atomic E-state index is 0.314. The summed E-state index contributed by atoms with van der Waals surface area (Å²) >= 11 is 0. The van der Waals surface area contributed by atoms with Crippen LogP contribution in [0.1, 0.15) is 60.3 Å². The Balaban J connectivity index is 3.91. The lowest BCUT2D eigenvalue weighted by atomic mass is 10.0. The first kappa shape index (κ1) is 18.9. The molecule has 0 spiro atoms. The molecule has 0 aliphatic heterocycles. The van der Waals surface area contributed by atoms with E-state index in [1.165, 1.54) is 19.3 Å². The summed E-state index contributed by atoms with van der Waals surface area (Å²) in [5.41, 5.74) is 0. The van der Waals surface area contributed by atoms with Gasteiger partial charge >= 0.3 is 0 Å². The van der Waals surface area contributed by atoms with Crippen molar-refractivity contribution in [1.82, 2.24) is 5.32 Å². The van der Waals surface area contributed by atoms with Crippen molar-refractivity contribution in [3.8, 4) is 0 Å². The van der Waals surface area contributed by atoms with E-state index in [4.69, 9.17) is 9.47 Å². The third kappa shape index (κ3) is 10.3. The second-order valence-electron chi connectivity index (χ2n) is 5.64. The quantitative estimate of drug-likeness (QED) is 0.520. The van der Waals surface area contributed by atoms with Crippen molar-refractivity contribution < 1.29 is 9.47 Å². The molecule has 0 bridgehead atoms. The van der Waals surface area contributed by atoms with Gasteiger partial charge in [0.2, 0.25) is 0 Å². The van der Waals surface area contributed by atoms with Gasteiger partial charge in [-0.15, -0.1) is 0 Å². The van der Waals surface area contributed by atoms with Crippen LogP contribution in [0.5, 0.6) is 0 Å². The molecule has 0 heterocycles. The van der Waals surface area contributed by atoms with E-state index in [9.17, 15) is 0 Å². The average Bonchev–Trinajstić information content (AvgIpc) is 2.39. The molecule has 0 aromatic heterocycles. The normalized spacial score (nSPS) is 14.8. The molecule has 0 aromatic rings. The molecule has 2 atom stereocenters. The lowest BCUT2D eigenvalue weighted by Crippen LogP contribution is -2.42. The summed E-state index contributed by atoms with van der Waals surface area (Å²) in [6.45, 7) is 14.3. The highest BCUT2D eigenvalue weighted by atomic mass is 16.5. The zero-order chi connectivity index (χ0) is 14.5. The smallest absolute Gasteiger partial charge is 0.0726 e. The Morgan fingerprint density at radius 2 is 1.74 bits per heavy atom. The summed E-state index contributed by atoms with van der Waals surface area (Å²) in [6.07, 6.45) is 4.94. The van der Waals surface area contributed by atoms with Crippen molar-refractivity contribution in [3.63, 3.8) is 0 Å². The van der Waals surface area contributed by atoms with Crippen molar-refractivity contribution in [2.45, 2.75) is 72.4 Å². The van der Waals surface area contributed by atoms with Gasteiger partial charge in [-0.05, 0) is 31.7 Å². The molecule has 116 valence electrons. The van der Waals surface area contributed by atoms with Gasteiger partial charge in [0, 0.05) is 12.6 Å². The van der Waals surface area contributed by atoms with E-state index in [0.29, 0.717) is 31.3 Å². The Hall–Kier alpha value is -0.120. The Kier molecular flexibility index (Phi) is 12.8.